The molecular formula is C32H31N3O7. The lowest BCUT2D eigenvalue weighted by Gasteiger charge is -2.45. The van der Waals surface area contributed by atoms with Crippen LogP contribution in [0.5, 0.6) is 11.5 Å². The molecule has 0 spiro atoms. The van der Waals surface area contributed by atoms with E-state index in [1.807, 2.05) is 48.5 Å². The van der Waals surface area contributed by atoms with Gasteiger partial charge in [0.05, 0.1) is 29.7 Å². The van der Waals surface area contributed by atoms with Crippen molar-refractivity contribution in [3.63, 3.8) is 0 Å². The van der Waals surface area contributed by atoms with E-state index < -0.39 is 47.9 Å². The minimum absolute atomic E-state index is 0.0312. The van der Waals surface area contributed by atoms with Crippen LogP contribution in [0.25, 0.3) is 0 Å². The molecule has 0 bridgehead atoms. The first-order valence-electron chi connectivity index (χ1n) is 14.0. The molecule has 3 aliphatic rings. The monoisotopic (exact) mass is 569 g/mol. The molecule has 3 aromatic carbocycles. The van der Waals surface area contributed by atoms with Crippen LogP contribution in [0, 0.1) is 23.7 Å². The van der Waals surface area contributed by atoms with Gasteiger partial charge in [0.2, 0.25) is 11.8 Å². The quantitative estimate of drug-likeness (QED) is 0.301. The highest BCUT2D eigenvalue weighted by Crippen LogP contribution is 2.50. The lowest BCUT2D eigenvalue weighted by molar-refractivity contribution is -0.132. The van der Waals surface area contributed by atoms with Crippen LogP contribution in [-0.2, 0) is 20.9 Å². The summed E-state index contributed by atoms with van der Waals surface area (Å²) in [6.45, 7) is 0.0682. The highest BCUT2D eigenvalue weighted by atomic mass is 16.6. The predicted octanol–water partition coefficient (Wildman–Crippen LogP) is 4.02. The topological polar surface area (TPSA) is 138 Å². The van der Waals surface area contributed by atoms with Crippen molar-refractivity contribution in [1.82, 2.24) is 5.43 Å². The molecule has 1 heterocycles. The minimum Gasteiger partial charge on any atom is -0.457 e. The molecule has 1 saturated heterocycles. The summed E-state index contributed by atoms with van der Waals surface area (Å²) < 4.78 is 11.1. The summed E-state index contributed by atoms with van der Waals surface area (Å²) in [6.07, 6.45) is -2.27. The molecule has 1 aliphatic heterocycles. The van der Waals surface area contributed by atoms with Gasteiger partial charge < -0.3 is 19.7 Å². The van der Waals surface area contributed by atoms with Gasteiger partial charge in [-0.3, -0.25) is 9.59 Å². The van der Waals surface area contributed by atoms with Crippen LogP contribution in [0.2, 0.25) is 0 Å². The molecule has 0 unspecified atom stereocenters. The molecule has 216 valence electrons. The van der Waals surface area contributed by atoms with Gasteiger partial charge in [-0.05, 0) is 42.7 Å². The van der Waals surface area contributed by atoms with E-state index in [1.165, 1.54) is 4.90 Å². The summed E-state index contributed by atoms with van der Waals surface area (Å²) in [5, 5.41) is 26.1. The number of hydrazone groups is 1. The predicted molar refractivity (Wildman–Crippen MR) is 152 cm³/mol. The Labute approximate surface area is 242 Å². The van der Waals surface area contributed by atoms with Gasteiger partial charge in [-0.15, -0.1) is 0 Å². The average molecular weight is 570 g/mol. The fourth-order valence-electron chi connectivity index (χ4n) is 6.44. The number of fused-ring (bicyclic) bond motifs is 3. The highest BCUT2D eigenvalue weighted by Gasteiger charge is 2.60. The van der Waals surface area contributed by atoms with Crippen molar-refractivity contribution >= 4 is 29.3 Å². The van der Waals surface area contributed by atoms with Crippen molar-refractivity contribution in [2.75, 3.05) is 4.90 Å². The maximum Gasteiger partial charge on any atom is 0.428 e. The number of nitrogens with zero attached hydrogens (tertiary/aromatic N) is 2. The third kappa shape index (κ3) is 5.38. The summed E-state index contributed by atoms with van der Waals surface area (Å²) in [7, 11) is 0. The zero-order chi connectivity index (χ0) is 29.2. The molecule has 6 atom stereocenters. The Balaban J connectivity index is 1.20. The molecule has 0 aromatic heterocycles. The Morgan fingerprint density at radius 1 is 0.881 bits per heavy atom. The molecule has 6 rings (SSSR count). The number of carbonyl (C=O) groups excluding carboxylic acids is 3. The van der Waals surface area contributed by atoms with E-state index in [2.05, 4.69) is 10.5 Å². The first kappa shape index (κ1) is 27.6. The fraction of sp³-hybridized carbons (Fsp3) is 0.312. The van der Waals surface area contributed by atoms with Gasteiger partial charge in [0.15, 0.2) is 0 Å². The highest BCUT2D eigenvalue weighted by molar-refractivity contribution is 6.22. The van der Waals surface area contributed by atoms with Crippen LogP contribution in [0.1, 0.15) is 24.8 Å². The lowest BCUT2D eigenvalue weighted by Crippen LogP contribution is -2.55. The molecule has 3 N–H and O–H groups in total. The van der Waals surface area contributed by atoms with Crippen LogP contribution in [0.4, 0.5) is 10.5 Å². The first-order valence-corrected chi connectivity index (χ1v) is 14.0. The second kappa shape index (κ2) is 11.8. The summed E-state index contributed by atoms with van der Waals surface area (Å²) >= 11 is 0. The number of aliphatic hydroxyl groups excluding tert-OH is 2. The van der Waals surface area contributed by atoms with E-state index in [9.17, 15) is 24.6 Å². The number of imide groups is 1. The van der Waals surface area contributed by atoms with Crippen molar-refractivity contribution in [3.05, 3.63) is 90.5 Å². The fourth-order valence-corrected chi connectivity index (χ4v) is 6.44. The van der Waals surface area contributed by atoms with Gasteiger partial charge in [0.25, 0.3) is 0 Å². The number of hydrogen-bond donors (Lipinski definition) is 3. The van der Waals surface area contributed by atoms with E-state index in [0.717, 1.165) is 5.56 Å². The Morgan fingerprint density at radius 2 is 1.57 bits per heavy atom. The van der Waals surface area contributed by atoms with E-state index in [-0.39, 0.29) is 18.9 Å². The van der Waals surface area contributed by atoms with Crippen LogP contribution in [-0.4, -0.2) is 46.0 Å². The largest absolute Gasteiger partial charge is 0.457 e. The van der Waals surface area contributed by atoms with Gasteiger partial charge in [0.1, 0.15) is 18.1 Å². The normalized spacial score (nSPS) is 27.8. The third-order valence-corrected chi connectivity index (χ3v) is 8.34. The Morgan fingerprint density at radius 3 is 2.33 bits per heavy atom. The Kier molecular flexibility index (Phi) is 7.73. The molecule has 3 fully saturated rings. The zero-order valence-electron chi connectivity index (χ0n) is 22.7. The number of carbonyl (C=O) groups is 3. The van der Waals surface area contributed by atoms with Crippen molar-refractivity contribution in [2.24, 2.45) is 28.8 Å². The number of hydrogen-bond acceptors (Lipinski definition) is 8. The van der Waals surface area contributed by atoms with Gasteiger partial charge in [-0.2, -0.15) is 5.10 Å². The molecule has 2 saturated carbocycles. The molecular weight excluding hydrogens is 538 g/mol. The number of rotatable bonds is 6. The second-order valence-corrected chi connectivity index (χ2v) is 10.9. The number of benzene rings is 3. The van der Waals surface area contributed by atoms with Gasteiger partial charge in [-0.25, -0.2) is 15.1 Å². The van der Waals surface area contributed by atoms with E-state index in [0.29, 0.717) is 35.7 Å². The van der Waals surface area contributed by atoms with Gasteiger partial charge in [0, 0.05) is 30.0 Å². The minimum atomic E-state index is -1.23. The van der Waals surface area contributed by atoms with Gasteiger partial charge >= 0.3 is 6.09 Å². The SMILES string of the molecule is O=C(N/N=C1\C[C@@H](O)[C@@H](O)[C@@H]2[C@@H]3C(=O)N(c4cccc(Oc5ccccc5)c4)C(=O)[C@@H]3CC[C@H]12)OCc1ccccc1. The van der Waals surface area contributed by atoms with Crippen LogP contribution < -0.4 is 15.1 Å². The summed E-state index contributed by atoms with van der Waals surface area (Å²) in [5.74, 6) is -2.29. The van der Waals surface area contributed by atoms with Gasteiger partial charge in [-0.1, -0.05) is 54.6 Å². The summed E-state index contributed by atoms with van der Waals surface area (Å²) in [4.78, 5) is 40.9. The second-order valence-electron chi connectivity index (χ2n) is 10.9. The average Bonchev–Trinajstić information content (AvgIpc) is 3.27. The van der Waals surface area contributed by atoms with E-state index in [4.69, 9.17) is 9.47 Å². The molecule has 42 heavy (non-hydrogen) atoms. The summed E-state index contributed by atoms with van der Waals surface area (Å²) in [6, 6.07) is 25.2. The third-order valence-electron chi connectivity index (χ3n) is 8.34. The van der Waals surface area contributed by atoms with Crippen molar-refractivity contribution in [3.8, 4) is 11.5 Å². The Bertz CT molecular complexity index is 1500. The van der Waals surface area contributed by atoms with E-state index in [1.54, 1.807) is 36.4 Å². The molecule has 2 aliphatic carbocycles. The number of aliphatic hydroxyl groups is 2. The maximum atomic E-state index is 13.9. The molecule has 0 radical (unpaired) electrons. The Hall–Kier alpha value is -4.54. The van der Waals surface area contributed by atoms with Crippen molar-refractivity contribution in [2.45, 2.75) is 38.1 Å². The molecule has 3 amide bonds. The maximum absolute atomic E-state index is 13.9. The molecule has 3 aromatic rings. The number of anilines is 1. The van der Waals surface area contributed by atoms with Crippen molar-refractivity contribution in [1.29, 1.82) is 0 Å². The number of para-hydroxylation sites is 1. The molecule has 10 nitrogen and oxygen atoms in total. The first-order chi connectivity index (χ1) is 20.4. The lowest BCUT2D eigenvalue weighted by atomic mass is 9.60. The summed E-state index contributed by atoms with van der Waals surface area (Å²) in [5.41, 5.74) is 4.05. The van der Waals surface area contributed by atoms with Crippen LogP contribution >= 0.6 is 0 Å². The standard InChI is InChI=1S/C32H31N3O7/c36-26-17-25(33-34-32(40)41-18-19-8-3-1-4-9-19)23-14-15-24-28(27(23)29(26)37)31(39)35(30(24)38)20-10-7-13-22(16-20)42-21-11-5-2-6-12-21/h1-13,16,23-24,26-29,36-37H,14-15,17-18H2,(H,34,40)/b33-25+/t23-,24-,26-,27+,28-,29-/m1/s1. The smallest absolute Gasteiger partial charge is 0.428 e. The zero-order valence-corrected chi connectivity index (χ0v) is 22.7. The van der Waals surface area contributed by atoms with E-state index >= 15 is 0 Å². The van der Waals surface area contributed by atoms with Crippen LogP contribution in [0.3, 0.4) is 0 Å². The van der Waals surface area contributed by atoms with Crippen LogP contribution in [0.15, 0.2) is 90.0 Å². The molecule has 10 heteroatoms. The van der Waals surface area contributed by atoms with Crippen molar-refractivity contribution < 1.29 is 34.1 Å². The number of amides is 3. The number of ether oxygens (including phenoxy) is 2. The number of nitrogens with one attached hydrogen (secondary N) is 1.